The zero-order valence-electron chi connectivity index (χ0n) is 10.9. The van der Waals surface area contributed by atoms with E-state index in [1.807, 2.05) is 30.3 Å². The number of nitrogens with zero attached hydrogens (tertiary/aromatic N) is 1. The van der Waals surface area contributed by atoms with E-state index in [4.69, 9.17) is 10.5 Å². The van der Waals surface area contributed by atoms with Gasteiger partial charge >= 0.3 is 0 Å². The van der Waals surface area contributed by atoms with Crippen molar-refractivity contribution >= 4 is 16.6 Å². The lowest BCUT2D eigenvalue weighted by atomic mass is 10.2. The number of hydrogen-bond donors (Lipinski definition) is 1. The van der Waals surface area contributed by atoms with E-state index in [0.29, 0.717) is 17.1 Å². The van der Waals surface area contributed by atoms with E-state index in [1.165, 1.54) is 6.07 Å². The van der Waals surface area contributed by atoms with Gasteiger partial charge in [0.1, 0.15) is 11.6 Å². The van der Waals surface area contributed by atoms with Gasteiger partial charge in [-0.25, -0.2) is 4.39 Å². The van der Waals surface area contributed by atoms with Gasteiger partial charge in [0.2, 0.25) is 0 Å². The van der Waals surface area contributed by atoms with Crippen LogP contribution in [0.15, 0.2) is 48.7 Å². The molecule has 3 rings (SSSR count). The first-order valence-electron chi connectivity index (χ1n) is 6.22. The van der Waals surface area contributed by atoms with E-state index < -0.39 is 0 Å². The monoisotopic (exact) mass is 268 g/mol. The number of aromatic nitrogens is 1. The minimum Gasteiger partial charge on any atom is -0.454 e. The molecule has 0 saturated carbocycles. The summed E-state index contributed by atoms with van der Waals surface area (Å²) in [6, 6.07) is 12.2. The van der Waals surface area contributed by atoms with Crippen LogP contribution >= 0.6 is 0 Å². The fraction of sp³-hybridized carbons (Fsp3) is 0.0625. The highest BCUT2D eigenvalue weighted by Crippen LogP contribution is 2.33. The molecule has 0 aliphatic rings. The second-order valence-electron chi connectivity index (χ2n) is 4.57. The minimum absolute atomic E-state index is 0.272. The molecule has 100 valence electrons. The summed E-state index contributed by atoms with van der Waals surface area (Å²) in [6.45, 7) is 1.67. The molecule has 2 N–H and O–H groups in total. The molecule has 0 aliphatic heterocycles. The highest BCUT2D eigenvalue weighted by molar-refractivity contribution is 5.85. The van der Waals surface area contributed by atoms with Crippen LogP contribution in [0.2, 0.25) is 0 Å². The summed E-state index contributed by atoms with van der Waals surface area (Å²) in [5.41, 5.74) is 7.40. The first kappa shape index (κ1) is 12.4. The maximum Gasteiger partial charge on any atom is 0.150 e. The van der Waals surface area contributed by atoms with E-state index in [2.05, 4.69) is 4.98 Å². The molecule has 0 radical (unpaired) electrons. The largest absolute Gasteiger partial charge is 0.454 e. The van der Waals surface area contributed by atoms with Crippen LogP contribution in [0.3, 0.4) is 0 Å². The van der Waals surface area contributed by atoms with Gasteiger partial charge in [-0.2, -0.15) is 0 Å². The number of rotatable bonds is 2. The Kier molecular flexibility index (Phi) is 2.99. The van der Waals surface area contributed by atoms with Crippen molar-refractivity contribution in [2.75, 3.05) is 5.73 Å². The Labute approximate surface area is 115 Å². The molecule has 0 aliphatic carbocycles. The zero-order chi connectivity index (χ0) is 14.1. The molecule has 4 heteroatoms. The smallest absolute Gasteiger partial charge is 0.150 e. The maximum atomic E-state index is 13.4. The van der Waals surface area contributed by atoms with Crippen LogP contribution < -0.4 is 10.5 Å². The number of benzene rings is 2. The molecule has 0 saturated heterocycles. The topological polar surface area (TPSA) is 48.1 Å². The third-order valence-electron chi connectivity index (χ3n) is 3.12. The Bertz CT molecular complexity index is 781. The third-order valence-corrected chi connectivity index (χ3v) is 3.12. The van der Waals surface area contributed by atoms with Gasteiger partial charge in [-0.15, -0.1) is 0 Å². The summed E-state index contributed by atoms with van der Waals surface area (Å²) in [4.78, 5) is 4.27. The molecule has 3 nitrogen and oxygen atoms in total. The molecule has 1 aromatic heterocycles. The summed E-state index contributed by atoms with van der Waals surface area (Å²) in [5.74, 6) is 0.753. The Hall–Kier alpha value is -2.62. The van der Waals surface area contributed by atoms with Crippen molar-refractivity contribution in [3.63, 3.8) is 0 Å². The second kappa shape index (κ2) is 4.81. The fourth-order valence-corrected chi connectivity index (χ4v) is 2.04. The number of halogens is 1. The number of nitrogens with two attached hydrogens (primary N) is 1. The van der Waals surface area contributed by atoms with Crippen molar-refractivity contribution in [3.8, 4) is 11.5 Å². The number of anilines is 1. The van der Waals surface area contributed by atoms with Crippen LogP contribution in [0.25, 0.3) is 10.9 Å². The lowest BCUT2D eigenvalue weighted by Gasteiger charge is -2.11. The number of pyridine rings is 1. The molecule has 2 aromatic carbocycles. The van der Waals surface area contributed by atoms with Crippen LogP contribution in [-0.2, 0) is 0 Å². The van der Waals surface area contributed by atoms with Crippen molar-refractivity contribution in [3.05, 3.63) is 60.0 Å². The molecule has 3 aromatic rings. The third kappa shape index (κ3) is 2.16. The number of fused-ring (bicyclic) bond motifs is 1. The zero-order valence-corrected chi connectivity index (χ0v) is 10.9. The number of hydrogen-bond acceptors (Lipinski definition) is 3. The molecule has 0 unspecified atom stereocenters. The van der Waals surface area contributed by atoms with E-state index in [-0.39, 0.29) is 11.5 Å². The normalized spacial score (nSPS) is 10.7. The van der Waals surface area contributed by atoms with Gasteiger partial charge in [-0.05, 0) is 42.8 Å². The molecule has 0 amide bonds. The van der Waals surface area contributed by atoms with Crippen molar-refractivity contribution in [1.82, 2.24) is 4.98 Å². The summed E-state index contributed by atoms with van der Waals surface area (Å²) in [6.07, 6.45) is 1.72. The quantitative estimate of drug-likeness (QED) is 0.713. The van der Waals surface area contributed by atoms with Crippen LogP contribution in [0.1, 0.15) is 5.56 Å². The number of ether oxygens (including phenoxy) is 1. The molecule has 0 fully saturated rings. The van der Waals surface area contributed by atoms with Gasteiger partial charge in [-0.3, -0.25) is 4.98 Å². The van der Waals surface area contributed by atoms with Crippen LogP contribution in [0, 0.1) is 12.7 Å². The molecule has 0 bridgehead atoms. The molecular formula is C16H13FN2O. The van der Waals surface area contributed by atoms with Crippen molar-refractivity contribution in [2.45, 2.75) is 6.92 Å². The average Bonchev–Trinajstić information content (AvgIpc) is 2.45. The lowest BCUT2D eigenvalue weighted by Crippen LogP contribution is -1.95. The number of aryl methyl sites for hydroxylation is 1. The van der Waals surface area contributed by atoms with Gasteiger partial charge in [0.15, 0.2) is 5.75 Å². The molecular weight excluding hydrogens is 255 g/mol. The Morgan fingerprint density at radius 2 is 1.95 bits per heavy atom. The Morgan fingerprint density at radius 3 is 2.80 bits per heavy atom. The number of nitrogen functional groups attached to an aromatic ring is 1. The standard InChI is InChI=1S/C16H13FN2O/c1-10-8-16(13(18)9-12(10)17)20-15-6-2-5-14-11(15)4-3-7-19-14/h2-9H,18H2,1H3. The second-order valence-corrected chi connectivity index (χ2v) is 4.57. The molecule has 1 heterocycles. The van der Waals surface area contributed by atoms with Crippen molar-refractivity contribution < 1.29 is 9.13 Å². The molecule has 0 atom stereocenters. The van der Waals surface area contributed by atoms with Crippen molar-refractivity contribution in [1.29, 1.82) is 0 Å². The van der Waals surface area contributed by atoms with Crippen molar-refractivity contribution in [2.24, 2.45) is 0 Å². The molecule has 0 spiro atoms. The predicted molar refractivity (Wildman–Crippen MR) is 77.4 cm³/mol. The van der Waals surface area contributed by atoms with Crippen LogP contribution in [0.4, 0.5) is 10.1 Å². The Balaban J connectivity index is 2.08. The van der Waals surface area contributed by atoms with Gasteiger partial charge in [-0.1, -0.05) is 6.07 Å². The summed E-state index contributed by atoms with van der Waals surface area (Å²) in [7, 11) is 0. The van der Waals surface area contributed by atoms with E-state index in [0.717, 1.165) is 10.9 Å². The molecule has 20 heavy (non-hydrogen) atoms. The SMILES string of the molecule is Cc1cc(Oc2cccc3ncccc23)c(N)cc1F. The maximum absolute atomic E-state index is 13.4. The van der Waals surface area contributed by atoms with Gasteiger partial charge < -0.3 is 10.5 Å². The van der Waals surface area contributed by atoms with Crippen LogP contribution in [0.5, 0.6) is 11.5 Å². The predicted octanol–water partition coefficient (Wildman–Crippen LogP) is 4.06. The van der Waals surface area contributed by atoms with E-state index >= 15 is 0 Å². The summed E-state index contributed by atoms with van der Waals surface area (Å²) >= 11 is 0. The van der Waals surface area contributed by atoms with Gasteiger partial charge in [0.25, 0.3) is 0 Å². The Morgan fingerprint density at radius 1 is 1.10 bits per heavy atom. The first-order chi connectivity index (χ1) is 9.65. The first-order valence-corrected chi connectivity index (χ1v) is 6.22. The summed E-state index contributed by atoms with van der Waals surface area (Å²) in [5, 5.41) is 0.886. The summed E-state index contributed by atoms with van der Waals surface area (Å²) < 4.78 is 19.2. The highest BCUT2D eigenvalue weighted by Gasteiger charge is 2.09. The lowest BCUT2D eigenvalue weighted by molar-refractivity contribution is 0.487. The van der Waals surface area contributed by atoms with Gasteiger partial charge in [0.05, 0.1) is 11.2 Å². The van der Waals surface area contributed by atoms with Crippen LogP contribution in [-0.4, -0.2) is 4.98 Å². The van der Waals surface area contributed by atoms with E-state index in [9.17, 15) is 4.39 Å². The average molecular weight is 268 g/mol. The highest BCUT2D eigenvalue weighted by atomic mass is 19.1. The van der Waals surface area contributed by atoms with Gasteiger partial charge in [0, 0.05) is 17.6 Å². The van der Waals surface area contributed by atoms with E-state index in [1.54, 1.807) is 19.2 Å². The minimum atomic E-state index is -0.338. The fourth-order valence-electron chi connectivity index (χ4n) is 2.04.